The molecule has 0 aliphatic carbocycles. The molecule has 0 saturated carbocycles. The minimum atomic E-state index is -1.16. The predicted octanol–water partition coefficient (Wildman–Crippen LogP) is 2.03. The van der Waals surface area contributed by atoms with Gasteiger partial charge >= 0.3 is 5.97 Å². The molecule has 0 radical (unpaired) electrons. The summed E-state index contributed by atoms with van der Waals surface area (Å²) in [7, 11) is 0. The minimum Gasteiger partial charge on any atom is -0.480 e. The zero-order chi connectivity index (χ0) is 10.7. The van der Waals surface area contributed by atoms with Crippen LogP contribution >= 0.6 is 23.2 Å². The van der Waals surface area contributed by atoms with Crippen LogP contribution in [0, 0.1) is 0 Å². The molecule has 3 N–H and O–H groups in total. The maximum atomic E-state index is 10.6. The van der Waals surface area contributed by atoms with Gasteiger partial charge in [0.2, 0.25) is 0 Å². The number of rotatable bonds is 3. The van der Waals surface area contributed by atoms with E-state index in [0.717, 1.165) is 0 Å². The van der Waals surface area contributed by atoms with E-state index in [9.17, 15) is 4.79 Å². The van der Waals surface area contributed by atoms with Crippen molar-refractivity contribution in [2.75, 3.05) is 0 Å². The molecule has 1 aromatic carbocycles. The highest BCUT2D eigenvalue weighted by atomic mass is 35.5. The van der Waals surface area contributed by atoms with Crippen LogP contribution in [0.25, 0.3) is 0 Å². The first-order chi connectivity index (χ1) is 6.54. The Morgan fingerprint density at radius 3 is 2.50 bits per heavy atom. The maximum absolute atomic E-state index is 10.6. The standard InChI is InChI=1S/C9H9Cl2NO2/c10-6-4-2-1-3-5(6)7(11)8(12)9(13)14/h1-4,7-8H,12H2,(H,13,14)/t7?,8-/m0/s1. The number of halogens is 2. The highest BCUT2D eigenvalue weighted by Crippen LogP contribution is 2.29. The molecular formula is C9H9Cl2NO2. The molecular weight excluding hydrogens is 225 g/mol. The molecule has 1 unspecified atom stereocenters. The fraction of sp³-hybridized carbons (Fsp3) is 0.222. The van der Waals surface area contributed by atoms with Crippen LogP contribution in [0.3, 0.4) is 0 Å². The Hall–Kier alpha value is -0.770. The largest absolute Gasteiger partial charge is 0.480 e. The molecule has 0 aliphatic rings. The van der Waals surface area contributed by atoms with Gasteiger partial charge in [-0.15, -0.1) is 11.6 Å². The number of carboxylic acids is 1. The van der Waals surface area contributed by atoms with Crippen molar-refractivity contribution in [3.63, 3.8) is 0 Å². The normalized spacial score (nSPS) is 14.8. The third kappa shape index (κ3) is 2.38. The Morgan fingerprint density at radius 2 is 2.00 bits per heavy atom. The van der Waals surface area contributed by atoms with Crippen LogP contribution in [-0.2, 0) is 4.79 Å². The zero-order valence-corrected chi connectivity index (χ0v) is 8.66. The number of aliphatic carboxylic acids is 1. The summed E-state index contributed by atoms with van der Waals surface area (Å²) in [4.78, 5) is 10.6. The number of hydrogen-bond donors (Lipinski definition) is 2. The van der Waals surface area contributed by atoms with Gasteiger partial charge < -0.3 is 10.8 Å². The van der Waals surface area contributed by atoms with Crippen molar-refractivity contribution in [3.05, 3.63) is 34.9 Å². The van der Waals surface area contributed by atoms with E-state index >= 15 is 0 Å². The number of carbonyl (C=O) groups is 1. The smallest absolute Gasteiger partial charge is 0.322 e. The quantitative estimate of drug-likeness (QED) is 0.786. The lowest BCUT2D eigenvalue weighted by Gasteiger charge is -2.15. The van der Waals surface area contributed by atoms with Crippen molar-refractivity contribution < 1.29 is 9.90 Å². The van der Waals surface area contributed by atoms with Gasteiger partial charge in [0.1, 0.15) is 6.04 Å². The summed E-state index contributed by atoms with van der Waals surface area (Å²) >= 11 is 11.7. The van der Waals surface area contributed by atoms with Gasteiger partial charge in [-0.3, -0.25) is 4.79 Å². The molecule has 0 amide bonds. The van der Waals surface area contributed by atoms with Crippen molar-refractivity contribution in [1.29, 1.82) is 0 Å². The lowest BCUT2D eigenvalue weighted by molar-refractivity contribution is -0.138. The van der Waals surface area contributed by atoms with Crippen molar-refractivity contribution in [2.24, 2.45) is 5.73 Å². The van der Waals surface area contributed by atoms with Gasteiger partial charge in [-0.25, -0.2) is 0 Å². The average molecular weight is 234 g/mol. The van der Waals surface area contributed by atoms with Crippen molar-refractivity contribution in [3.8, 4) is 0 Å². The topological polar surface area (TPSA) is 63.3 Å². The first-order valence-electron chi connectivity index (χ1n) is 3.91. The molecule has 0 aromatic heterocycles. The molecule has 0 fully saturated rings. The average Bonchev–Trinajstić information content (AvgIpc) is 2.16. The molecule has 0 spiro atoms. The lowest BCUT2D eigenvalue weighted by atomic mass is 10.1. The van der Waals surface area contributed by atoms with E-state index < -0.39 is 17.4 Å². The molecule has 1 aromatic rings. The van der Waals surface area contributed by atoms with Crippen LogP contribution < -0.4 is 5.73 Å². The predicted molar refractivity (Wildman–Crippen MR) is 55.7 cm³/mol. The molecule has 14 heavy (non-hydrogen) atoms. The molecule has 3 nitrogen and oxygen atoms in total. The fourth-order valence-electron chi connectivity index (χ4n) is 1.02. The third-order valence-electron chi connectivity index (χ3n) is 1.80. The van der Waals surface area contributed by atoms with Crippen LogP contribution in [-0.4, -0.2) is 17.1 Å². The Labute approximate surface area is 91.4 Å². The fourth-order valence-corrected chi connectivity index (χ4v) is 1.62. The summed E-state index contributed by atoms with van der Waals surface area (Å²) in [6.07, 6.45) is 0. The van der Waals surface area contributed by atoms with Crippen molar-refractivity contribution in [2.45, 2.75) is 11.4 Å². The van der Waals surface area contributed by atoms with Gasteiger partial charge in [-0.05, 0) is 11.6 Å². The van der Waals surface area contributed by atoms with Gasteiger partial charge in [-0.1, -0.05) is 29.8 Å². The molecule has 76 valence electrons. The number of hydrogen-bond acceptors (Lipinski definition) is 2. The molecule has 1 rings (SSSR count). The second kappa shape index (κ2) is 4.64. The van der Waals surface area contributed by atoms with Gasteiger partial charge in [0, 0.05) is 5.02 Å². The lowest BCUT2D eigenvalue weighted by Crippen LogP contribution is -2.34. The Morgan fingerprint density at radius 1 is 1.43 bits per heavy atom. The summed E-state index contributed by atoms with van der Waals surface area (Å²) in [5, 5.41) is 8.25. The minimum absolute atomic E-state index is 0.421. The van der Waals surface area contributed by atoms with E-state index in [4.69, 9.17) is 34.0 Å². The number of alkyl halides is 1. The Balaban J connectivity index is 2.94. The Kier molecular flexibility index (Phi) is 3.75. The van der Waals surface area contributed by atoms with Crippen molar-refractivity contribution in [1.82, 2.24) is 0 Å². The summed E-state index contributed by atoms with van der Waals surface area (Å²) in [6, 6.07) is 5.60. The monoisotopic (exact) mass is 233 g/mol. The van der Waals surface area contributed by atoms with Crippen LogP contribution in [0.15, 0.2) is 24.3 Å². The Bertz CT molecular complexity index is 343. The first kappa shape index (κ1) is 11.3. The van der Waals surface area contributed by atoms with E-state index in [1.165, 1.54) is 0 Å². The van der Waals surface area contributed by atoms with E-state index in [1.54, 1.807) is 24.3 Å². The maximum Gasteiger partial charge on any atom is 0.322 e. The molecule has 5 heteroatoms. The van der Waals surface area contributed by atoms with E-state index in [2.05, 4.69) is 0 Å². The van der Waals surface area contributed by atoms with Crippen LogP contribution in [0.5, 0.6) is 0 Å². The molecule has 0 heterocycles. The van der Waals surface area contributed by atoms with E-state index in [1.807, 2.05) is 0 Å². The number of carboxylic acid groups (broad SMARTS) is 1. The summed E-state index contributed by atoms with van der Waals surface area (Å²) in [6.45, 7) is 0. The SMILES string of the molecule is N[C@H](C(=O)O)C(Cl)c1ccccc1Cl. The second-order valence-corrected chi connectivity index (χ2v) is 3.66. The molecule has 0 aliphatic heterocycles. The summed E-state index contributed by atoms with van der Waals surface area (Å²) in [5.74, 6) is -1.15. The van der Waals surface area contributed by atoms with E-state index in [0.29, 0.717) is 10.6 Å². The van der Waals surface area contributed by atoms with Crippen molar-refractivity contribution >= 4 is 29.2 Å². The van der Waals surface area contributed by atoms with Gasteiger partial charge in [0.15, 0.2) is 0 Å². The molecule has 0 bridgehead atoms. The summed E-state index contributed by atoms with van der Waals surface area (Å²) in [5.41, 5.74) is 5.90. The third-order valence-corrected chi connectivity index (χ3v) is 2.65. The summed E-state index contributed by atoms with van der Waals surface area (Å²) < 4.78 is 0. The second-order valence-electron chi connectivity index (χ2n) is 2.79. The first-order valence-corrected chi connectivity index (χ1v) is 4.72. The van der Waals surface area contributed by atoms with Gasteiger partial charge in [0.25, 0.3) is 0 Å². The molecule has 2 atom stereocenters. The zero-order valence-electron chi connectivity index (χ0n) is 7.15. The highest BCUT2D eigenvalue weighted by molar-refractivity contribution is 6.33. The highest BCUT2D eigenvalue weighted by Gasteiger charge is 2.24. The van der Waals surface area contributed by atoms with Gasteiger partial charge in [-0.2, -0.15) is 0 Å². The van der Waals surface area contributed by atoms with Crippen LogP contribution in [0.2, 0.25) is 5.02 Å². The van der Waals surface area contributed by atoms with Crippen LogP contribution in [0.1, 0.15) is 10.9 Å². The van der Waals surface area contributed by atoms with Crippen LogP contribution in [0.4, 0.5) is 0 Å². The van der Waals surface area contributed by atoms with Gasteiger partial charge in [0.05, 0.1) is 5.38 Å². The number of nitrogens with two attached hydrogens (primary N) is 1. The number of benzene rings is 1. The van der Waals surface area contributed by atoms with E-state index in [-0.39, 0.29) is 0 Å². The molecule has 0 saturated heterocycles.